The van der Waals surface area contributed by atoms with Gasteiger partial charge in [0, 0.05) is 10.6 Å². The summed E-state index contributed by atoms with van der Waals surface area (Å²) in [7, 11) is 0. The van der Waals surface area contributed by atoms with E-state index in [1.165, 1.54) is 5.56 Å². The van der Waals surface area contributed by atoms with E-state index in [0.29, 0.717) is 22.4 Å². The van der Waals surface area contributed by atoms with Crippen LogP contribution in [-0.4, -0.2) is 25.1 Å². The molecular weight excluding hydrogens is 338 g/mol. The van der Waals surface area contributed by atoms with E-state index in [9.17, 15) is 0 Å². The molecule has 25 heavy (non-hydrogen) atoms. The Morgan fingerprint density at radius 1 is 0.960 bits per heavy atom. The van der Waals surface area contributed by atoms with Crippen LogP contribution in [0, 0.1) is 13.8 Å². The average molecular weight is 352 g/mol. The van der Waals surface area contributed by atoms with Crippen molar-refractivity contribution >= 4 is 11.6 Å². The van der Waals surface area contributed by atoms with Gasteiger partial charge >= 0.3 is 0 Å². The van der Waals surface area contributed by atoms with Crippen LogP contribution in [0.2, 0.25) is 5.02 Å². The predicted octanol–water partition coefficient (Wildman–Crippen LogP) is 4.25. The zero-order chi connectivity index (χ0) is 17.4. The van der Waals surface area contributed by atoms with Crippen LogP contribution in [0.3, 0.4) is 0 Å². The van der Waals surface area contributed by atoms with Gasteiger partial charge in [-0.2, -0.15) is 4.98 Å². The van der Waals surface area contributed by atoms with E-state index in [0.717, 1.165) is 16.9 Å². The molecule has 0 fully saturated rings. The van der Waals surface area contributed by atoms with Crippen LogP contribution >= 0.6 is 11.6 Å². The Balaban J connectivity index is 1.69. The van der Waals surface area contributed by atoms with Crippen LogP contribution in [0.25, 0.3) is 28.7 Å². The van der Waals surface area contributed by atoms with Gasteiger partial charge in [-0.3, -0.25) is 0 Å². The first-order chi connectivity index (χ1) is 12.1. The molecular formula is C18H14ClN5O. The van der Waals surface area contributed by atoms with Crippen molar-refractivity contribution in [3.63, 3.8) is 0 Å². The maximum atomic E-state index is 5.93. The Bertz CT molecular complexity index is 1020. The van der Waals surface area contributed by atoms with Gasteiger partial charge in [0.15, 0.2) is 5.69 Å². The second kappa shape index (κ2) is 6.14. The largest absolute Gasteiger partial charge is 0.332 e. The molecule has 0 saturated heterocycles. The molecule has 0 N–H and O–H groups in total. The first-order valence-corrected chi connectivity index (χ1v) is 8.09. The molecule has 0 spiro atoms. The summed E-state index contributed by atoms with van der Waals surface area (Å²) in [6.07, 6.45) is 0. The number of halogens is 1. The molecule has 2 aromatic heterocycles. The van der Waals surface area contributed by atoms with Crippen molar-refractivity contribution in [2.45, 2.75) is 13.8 Å². The zero-order valence-corrected chi connectivity index (χ0v) is 14.4. The number of rotatable bonds is 3. The lowest BCUT2D eigenvalue weighted by Gasteiger charge is -2.02. The highest BCUT2D eigenvalue weighted by Gasteiger charge is 2.18. The Morgan fingerprint density at radius 2 is 1.68 bits per heavy atom. The Kier molecular flexibility index (Phi) is 3.82. The van der Waals surface area contributed by atoms with E-state index < -0.39 is 0 Å². The normalized spacial score (nSPS) is 11.0. The molecule has 2 aromatic carbocycles. The minimum atomic E-state index is 0.341. The van der Waals surface area contributed by atoms with Crippen LogP contribution in [0.5, 0.6) is 0 Å². The number of nitrogens with zero attached hydrogens (tertiary/aromatic N) is 5. The van der Waals surface area contributed by atoms with Gasteiger partial charge in [0.1, 0.15) is 0 Å². The van der Waals surface area contributed by atoms with Gasteiger partial charge in [-0.25, -0.2) is 4.68 Å². The summed E-state index contributed by atoms with van der Waals surface area (Å²) < 4.78 is 7.10. The summed E-state index contributed by atoms with van der Waals surface area (Å²) in [6, 6.07) is 15.3. The first kappa shape index (κ1) is 15.5. The SMILES string of the molecule is Cc1ccc(-c2noc(-c3nnn(-c4ccc(Cl)cc4)c3C)n2)cc1. The van der Waals surface area contributed by atoms with E-state index in [1.807, 2.05) is 50.2 Å². The van der Waals surface area contributed by atoms with Gasteiger partial charge in [0.25, 0.3) is 5.89 Å². The van der Waals surface area contributed by atoms with Gasteiger partial charge in [-0.15, -0.1) is 5.10 Å². The monoisotopic (exact) mass is 351 g/mol. The van der Waals surface area contributed by atoms with Gasteiger partial charge in [-0.1, -0.05) is 51.8 Å². The summed E-state index contributed by atoms with van der Waals surface area (Å²) in [6.45, 7) is 3.93. The fourth-order valence-corrected chi connectivity index (χ4v) is 2.62. The fraction of sp³-hybridized carbons (Fsp3) is 0.111. The maximum Gasteiger partial charge on any atom is 0.280 e. The first-order valence-electron chi connectivity index (χ1n) is 7.71. The lowest BCUT2D eigenvalue weighted by molar-refractivity contribution is 0.430. The molecule has 0 bridgehead atoms. The van der Waals surface area contributed by atoms with Crippen molar-refractivity contribution < 1.29 is 4.52 Å². The molecule has 7 heteroatoms. The minimum Gasteiger partial charge on any atom is -0.332 e. The highest BCUT2D eigenvalue weighted by molar-refractivity contribution is 6.30. The second-order valence-corrected chi connectivity index (χ2v) is 6.14. The molecule has 4 rings (SSSR count). The van der Waals surface area contributed by atoms with Crippen LogP contribution < -0.4 is 0 Å². The Labute approximate surface area is 149 Å². The predicted molar refractivity (Wildman–Crippen MR) is 94.6 cm³/mol. The molecule has 0 aliphatic carbocycles. The van der Waals surface area contributed by atoms with Gasteiger partial charge in [0.2, 0.25) is 5.82 Å². The minimum absolute atomic E-state index is 0.341. The Morgan fingerprint density at radius 3 is 2.40 bits per heavy atom. The van der Waals surface area contributed by atoms with Crippen molar-refractivity contribution in [3.8, 4) is 28.7 Å². The third-order valence-electron chi connectivity index (χ3n) is 3.90. The molecule has 6 nitrogen and oxygen atoms in total. The summed E-state index contributed by atoms with van der Waals surface area (Å²) in [5, 5.41) is 13.1. The van der Waals surface area contributed by atoms with Crippen molar-refractivity contribution in [2.24, 2.45) is 0 Å². The van der Waals surface area contributed by atoms with E-state index in [4.69, 9.17) is 16.1 Å². The highest BCUT2D eigenvalue weighted by Crippen LogP contribution is 2.25. The van der Waals surface area contributed by atoms with Crippen LogP contribution in [-0.2, 0) is 0 Å². The molecule has 0 aliphatic heterocycles. The standard InChI is InChI=1S/C18H14ClN5O/c1-11-3-5-13(6-4-11)17-20-18(25-22-17)16-12(2)24(23-21-16)15-9-7-14(19)8-10-15/h3-10H,1-2H3. The molecule has 0 saturated carbocycles. The van der Waals surface area contributed by atoms with Crippen LogP contribution in [0.4, 0.5) is 0 Å². The fourth-order valence-electron chi connectivity index (χ4n) is 2.49. The van der Waals surface area contributed by atoms with Crippen molar-refractivity contribution in [1.82, 2.24) is 25.1 Å². The summed E-state index contributed by atoms with van der Waals surface area (Å²) in [4.78, 5) is 4.45. The van der Waals surface area contributed by atoms with Crippen molar-refractivity contribution in [1.29, 1.82) is 0 Å². The summed E-state index contributed by atoms with van der Waals surface area (Å²) in [5.41, 5.74) is 4.29. The molecule has 0 amide bonds. The van der Waals surface area contributed by atoms with Crippen LogP contribution in [0.1, 0.15) is 11.3 Å². The molecule has 0 aliphatic rings. The number of aryl methyl sites for hydroxylation is 1. The summed E-state index contributed by atoms with van der Waals surface area (Å²) >= 11 is 5.93. The molecule has 0 atom stereocenters. The maximum absolute atomic E-state index is 5.93. The summed E-state index contributed by atoms with van der Waals surface area (Å²) in [5.74, 6) is 0.865. The second-order valence-electron chi connectivity index (χ2n) is 5.70. The number of hydrogen-bond donors (Lipinski definition) is 0. The third kappa shape index (κ3) is 2.92. The van der Waals surface area contributed by atoms with Crippen molar-refractivity contribution in [3.05, 3.63) is 64.8 Å². The van der Waals surface area contributed by atoms with Crippen LogP contribution in [0.15, 0.2) is 53.1 Å². The number of aromatic nitrogens is 5. The number of hydrogen-bond acceptors (Lipinski definition) is 5. The molecule has 2 heterocycles. The quantitative estimate of drug-likeness (QED) is 0.551. The van der Waals surface area contributed by atoms with Gasteiger partial charge in [0.05, 0.1) is 11.4 Å². The van der Waals surface area contributed by atoms with E-state index in [2.05, 4.69) is 20.5 Å². The van der Waals surface area contributed by atoms with Gasteiger partial charge in [-0.05, 0) is 38.1 Å². The molecule has 0 radical (unpaired) electrons. The zero-order valence-electron chi connectivity index (χ0n) is 13.6. The van der Waals surface area contributed by atoms with E-state index in [1.54, 1.807) is 16.8 Å². The van der Waals surface area contributed by atoms with Crippen molar-refractivity contribution in [2.75, 3.05) is 0 Å². The molecule has 124 valence electrons. The average Bonchev–Trinajstić information content (AvgIpc) is 3.23. The molecule has 0 unspecified atom stereocenters. The third-order valence-corrected chi connectivity index (χ3v) is 4.16. The Hall–Kier alpha value is -2.99. The lowest BCUT2D eigenvalue weighted by Crippen LogP contribution is -1.98. The smallest absolute Gasteiger partial charge is 0.280 e. The number of benzene rings is 2. The topological polar surface area (TPSA) is 69.6 Å². The van der Waals surface area contributed by atoms with E-state index in [-0.39, 0.29) is 0 Å². The van der Waals surface area contributed by atoms with Gasteiger partial charge < -0.3 is 4.52 Å². The van der Waals surface area contributed by atoms with E-state index >= 15 is 0 Å². The highest BCUT2D eigenvalue weighted by atomic mass is 35.5. The molecule has 4 aromatic rings. The lowest BCUT2D eigenvalue weighted by atomic mass is 10.1.